The minimum atomic E-state index is 0.713. The minimum Gasteiger partial charge on any atom is -0.314 e. The van der Waals surface area contributed by atoms with Crippen molar-refractivity contribution in [1.29, 1.82) is 0 Å². The Morgan fingerprint density at radius 2 is 2.00 bits per heavy atom. The first-order chi connectivity index (χ1) is 8.86. The second-order valence-electron chi connectivity index (χ2n) is 5.74. The SMILES string of the molecule is CC(CCCCC1CCCCN1)c1ccccc1. The van der Waals surface area contributed by atoms with Crippen LogP contribution in [0.5, 0.6) is 0 Å². The maximum atomic E-state index is 3.64. The van der Waals surface area contributed by atoms with Crippen LogP contribution in [0.1, 0.15) is 63.4 Å². The predicted octanol–water partition coefficient (Wildman–Crippen LogP) is 4.49. The summed E-state index contributed by atoms with van der Waals surface area (Å²) >= 11 is 0. The van der Waals surface area contributed by atoms with E-state index in [0.717, 1.165) is 6.04 Å². The van der Waals surface area contributed by atoms with Gasteiger partial charge in [-0.25, -0.2) is 0 Å². The fraction of sp³-hybridized carbons (Fsp3) is 0.647. The van der Waals surface area contributed by atoms with Gasteiger partial charge in [0.25, 0.3) is 0 Å². The number of nitrogens with one attached hydrogen (secondary N) is 1. The van der Waals surface area contributed by atoms with E-state index in [-0.39, 0.29) is 0 Å². The van der Waals surface area contributed by atoms with E-state index in [1.807, 2.05) is 0 Å². The molecule has 1 aliphatic heterocycles. The molecule has 1 nitrogen and oxygen atoms in total. The molecule has 0 bridgehead atoms. The lowest BCUT2D eigenvalue weighted by molar-refractivity contribution is 0.369. The van der Waals surface area contributed by atoms with Crippen molar-refractivity contribution in [3.05, 3.63) is 35.9 Å². The number of hydrogen-bond donors (Lipinski definition) is 1. The lowest BCUT2D eigenvalue weighted by Crippen LogP contribution is -2.33. The van der Waals surface area contributed by atoms with Crippen LogP contribution in [0.25, 0.3) is 0 Å². The molecular formula is C17H27N. The van der Waals surface area contributed by atoms with E-state index in [1.54, 1.807) is 0 Å². The Labute approximate surface area is 112 Å². The predicted molar refractivity (Wildman–Crippen MR) is 79.0 cm³/mol. The molecule has 1 saturated heterocycles. The monoisotopic (exact) mass is 245 g/mol. The normalized spacial score (nSPS) is 21.7. The summed E-state index contributed by atoms with van der Waals surface area (Å²) < 4.78 is 0. The molecule has 0 aromatic heterocycles. The molecule has 1 heteroatoms. The molecule has 2 rings (SSSR count). The molecule has 0 radical (unpaired) electrons. The summed E-state index contributed by atoms with van der Waals surface area (Å²) in [6.07, 6.45) is 9.66. The first-order valence-electron chi connectivity index (χ1n) is 7.64. The van der Waals surface area contributed by atoms with Crippen molar-refractivity contribution >= 4 is 0 Å². The van der Waals surface area contributed by atoms with Crippen molar-refractivity contribution in [1.82, 2.24) is 5.32 Å². The Hall–Kier alpha value is -0.820. The topological polar surface area (TPSA) is 12.0 Å². The average Bonchev–Trinajstić information content (AvgIpc) is 2.45. The summed E-state index contributed by atoms with van der Waals surface area (Å²) in [5.74, 6) is 0.713. The minimum absolute atomic E-state index is 0.713. The van der Waals surface area contributed by atoms with Crippen LogP contribution in [-0.4, -0.2) is 12.6 Å². The summed E-state index contributed by atoms with van der Waals surface area (Å²) in [4.78, 5) is 0. The zero-order valence-electron chi connectivity index (χ0n) is 11.7. The molecule has 1 aromatic carbocycles. The van der Waals surface area contributed by atoms with Crippen LogP contribution in [0, 0.1) is 0 Å². The van der Waals surface area contributed by atoms with E-state index in [4.69, 9.17) is 0 Å². The molecule has 2 unspecified atom stereocenters. The summed E-state index contributed by atoms with van der Waals surface area (Å²) in [6, 6.07) is 11.7. The van der Waals surface area contributed by atoms with Gasteiger partial charge in [0.05, 0.1) is 0 Å². The van der Waals surface area contributed by atoms with Gasteiger partial charge in [0.15, 0.2) is 0 Å². The second kappa shape index (κ2) is 7.58. The van der Waals surface area contributed by atoms with E-state index in [9.17, 15) is 0 Å². The van der Waals surface area contributed by atoms with E-state index in [0.29, 0.717) is 5.92 Å². The van der Waals surface area contributed by atoms with Gasteiger partial charge in [-0.15, -0.1) is 0 Å². The lowest BCUT2D eigenvalue weighted by atomic mass is 9.93. The van der Waals surface area contributed by atoms with E-state index in [2.05, 4.69) is 42.6 Å². The van der Waals surface area contributed by atoms with Crippen molar-refractivity contribution in [3.63, 3.8) is 0 Å². The zero-order chi connectivity index (χ0) is 12.6. The molecule has 1 fully saturated rings. The third kappa shape index (κ3) is 4.45. The summed E-state index contributed by atoms with van der Waals surface area (Å²) in [7, 11) is 0. The van der Waals surface area contributed by atoms with E-state index < -0.39 is 0 Å². The zero-order valence-corrected chi connectivity index (χ0v) is 11.7. The molecule has 1 N–H and O–H groups in total. The van der Waals surface area contributed by atoms with Crippen molar-refractivity contribution in [3.8, 4) is 0 Å². The van der Waals surface area contributed by atoms with Crippen LogP contribution in [0.2, 0.25) is 0 Å². The lowest BCUT2D eigenvalue weighted by Gasteiger charge is -2.23. The van der Waals surface area contributed by atoms with Gasteiger partial charge in [-0.3, -0.25) is 0 Å². The van der Waals surface area contributed by atoms with Gasteiger partial charge in [-0.2, -0.15) is 0 Å². The molecule has 1 aliphatic rings. The van der Waals surface area contributed by atoms with Crippen molar-refractivity contribution < 1.29 is 0 Å². The Kier molecular flexibility index (Phi) is 5.73. The van der Waals surface area contributed by atoms with Crippen LogP contribution in [-0.2, 0) is 0 Å². The molecule has 18 heavy (non-hydrogen) atoms. The first kappa shape index (κ1) is 13.6. The average molecular weight is 245 g/mol. The molecule has 1 heterocycles. The molecule has 2 atom stereocenters. The third-order valence-electron chi connectivity index (χ3n) is 4.22. The first-order valence-corrected chi connectivity index (χ1v) is 7.64. The summed E-state index contributed by atoms with van der Waals surface area (Å²) in [5.41, 5.74) is 1.49. The number of rotatable bonds is 6. The highest BCUT2D eigenvalue weighted by Gasteiger charge is 2.12. The Bertz CT molecular complexity index is 314. The second-order valence-corrected chi connectivity index (χ2v) is 5.74. The van der Waals surface area contributed by atoms with Gasteiger partial charge in [-0.1, -0.05) is 56.5 Å². The fourth-order valence-corrected chi connectivity index (χ4v) is 2.96. The van der Waals surface area contributed by atoms with Gasteiger partial charge >= 0.3 is 0 Å². The number of benzene rings is 1. The molecule has 0 amide bonds. The van der Waals surface area contributed by atoms with Gasteiger partial charge in [0.1, 0.15) is 0 Å². The van der Waals surface area contributed by atoms with Gasteiger partial charge in [-0.05, 0) is 43.7 Å². The standard InChI is InChI=1S/C17H27N/c1-15(16-10-3-2-4-11-16)9-5-6-12-17-13-7-8-14-18-17/h2-4,10-11,15,17-18H,5-9,12-14H2,1H3. The van der Waals surface area contributed by atoms with Crippen LogP contribution >= 0.6 is 0 Å². The largest absolute Gasteiger partial charge is 0.314 e. The van der Waals surface area contributed by atoms with Gasteiger partial charge in [0, 0.05) is 6.04 Å². The number of piperidine rings is 1. The van der Waals surface area contributed by atoms with Crippen molar-refractivity contribution in [2.45, 2.75) is 63.8 Å². The van der Waals surface area contributed by atoms with Gasteiger partial charge in [0.2, 0.25) is 0 Å². The smallest absolute Gasteiger partial charge is 0.00670 e. The maximum Gasteiger partial charge on any atom is 0.00670 e. The Morgan fingerprint density at radius 1 is 1.17 bits per heavy atom. The van der Waals surface area contributed by atoms with E-state index >= 15 is 0 Å². The van der Waals surface area contributed by atoms with Crippen LogP contribution < -0.4 is 5.32 Å². The van der Waals surface area contributed by atoms with Gasteiger partial charge < -0.3 is 5.32 Å². The molecule has 0 saturated carbocycles. The summed E-state index contributed by atoms with van der Waals surface area (Å²) in [5, 5.41) is 3.64. The molecule has 0 aliphatic carbocycles. The fourth-order valence-electron chi connectivity index (χ4n) is 2.96. The van der Waals surface area contributed by atoms with Crippen molar-refractivity contribution in [2.75, 3.05) is 6.54 Å². The highest BCUT2D eigenvalue weighted by Crippen LogP contribution is 2.22. The highest BCUT2D eigenvalue weighted by molar-refractivity contribution is 5.18. The Balaban J connectivity index is 1.60. The molecule has 1 aromatic rings. The summed E-state index contributed by atoms with van der Waals surface area (Å²) in [6.45, 7) is 3.60. The number of unbranched alkanes of at least 4 members (excludes halogenated alkanes) is 1. The van der Waals surface area contributed by atoms with E-state index in [1.165, 1.54) is 57.1 Å². The quantitative estimate of drug-likeness (QED) is 0.728. The van der Waals surface area contributed by atoms with Crippen LogP contribution in [0.15, 0.2) is 30.3 Å². The highest BCUT2D eigenvalue weighted by atomic mass is 14.9. The van der Waals surface area contributed by atoms with Crippen LogP contribution in [0.3, 0.4) is 0 Å². The van der Waals surface area contributed by atoms with Crippen molar-refractivity contribution in [2.24, 2.45) is 0 Å². The van der Waals surface area contributed by atoms with Crippen LogP contribution in [0.4, 0.5) is 0 Å². The molecule has 100 valence electrons. The Morgan fingerprint density at radius 3 is 2.72 bits per heavy atom. The molecular weight excluding hydrogens is 218 g/mol. The third-order valence-corrected chi connectivity index (χ3v) is 4.22. The molecule has 0 spiro atoms. The number of hydrogen-bond acceptors (Lipinski definition) is 1. The maximum absolute atomic E-state index is 3.64.